The van der Waals surface area contributed by atoms with Crippen molar-refractivity contribution in [2.45, 2.75) is 32.4 Å². The van der Waals surface area contributed by atoms with Crippen LogP contribution in [0, 0.1) is 10.1 Å². The van der Waals surface area contributed by atoms with Crippen LogP contribution in [0.1, 0.15) is 37.0 Å². The first-order chi connectivity index (χ1) is 8.48. The second-order valence-electron chi connectivity index (χ2n) is 4.42. The molecule has 0 saturated carbocycles. The molecule has 1 aromatic rings. The average Bonchev–Trinajstić information content (AvgIpc) is 3.01. The number of hydrogen-bond acceptors (Lipinski definition) is 4. The third-order valence-corrected chi connectivity index (χ3v) is 2.91. The van der Waals surface area contributed by atoms with E-state index in [0.29, 0.717) is 5.56 Å². The Balaban J connectivity index is 2.09. The zero-order valence-electron chi connectivity index (χ0n) is 10.3. The Bertz CT molecular complexity index is 485. The van der Waals surface area contributed by atoms with Crippen LogP contribution < -0.4 is 0 Å². The summed E-state index contributed by atoms with van der Waals surface area (Å²) in [7, 11) is 0. The largest absolute Gasteiger partial charge is 0.280 e. The minimum Gasteiger partial charge on any atom is -0.267 e. The molecule has 6 heteroatoms. The fourth-order valence-electron chi connectivity index (χ4n) is 1.89. The highest BCUT2D eigenvalue weighted by Gasteiger charge is 2.53. The van der Waals surface area contributed by atoms with Crippen LogP contribution in [0.25, 0.3) is 0 Å². The van der Waals surface area contributed by atoms with Crippen molar-refractivity contribution < 1.29 is 14.6 Å². The van der Waals surface area contributed by atoms with E-state index in [1.807, 2.05) is 13.8 Å². The topological polar surface area (TPSA) is 75.8 Å². The molecule has 1 atom stereocenters. The maximum absolute atomic E-state index is 12.0. The normalized spacial score (nSPS) is 21.8. The van der Waals surface area contributed by atoms with E-state index in [4.69, 9.17) is 4.84 Å². The molecule has 0 bridgehead atoms. The fraction of sp³-hybridized carbons (Fsp3) is 0.417. The number of benzene rings is 1. The van der Waals surface area contributed by atoms with Crippen LogP contribution in [-0.2, 0) is 4.84 Å². The molecule has 0 spiro atoms. The molecule has 1 aromatic carbocycles. The van der Waals surface area contributed by atoms with Gasteiger partial charge in [-0.3, -0.25) is 14.9 Å². The number of carbonyl (C=O) groups excluding carboxylic acids is 1. The van der Waals surface area contributed by atoms with Gasteiger partial charge < -0.3 is 0 Å². The highest BCUT2D eigenvalue weighted by molar-refractivity contribution is 5.95. The number of nitro groups is 1. The molecule has 6 nitrogen and oxygen atoms in total. The molecular weight excluding hydrogens is 236 g/mol. The zero-order chi connectivity index (χ0) is 13.3. The summed E-state index contributed by atoms with van der Waals surface area (Å²) in [4.78, 5) is 27.3. The summed E-state index contributed by atoms with van der Waals surface area (Å²) >= 11 is 0. The molecule has 18 heavy (non-hydrogen) atoms. The summed E-state index contributed by atoms with van der Waals surface area (Å²) < 4.78 is 0. The molecule has 0 N–H and O–H groups in total. The van der Waals surface area contributed by atoms with E-state index in [1.54, 1.807) is 0 Å². The standard InChI is InChI=1S/C12H14N2O4/c1-3-8-12(2)13(18-12)11(15)9-4-6-10(7-5-9)14(16)17/h4-7H,3,8H2,1-2H3. The van der Waals surface area contributed by atoms with Crippen molar-refractivity contribution in [1.29, 1.82) is 0 Å². The monoisotopic (exact) mass is 250 g/mol. The summed E-state index contributed by atoms with van der Waals surface area (Å²) in [5.74, 6) is -0.263. The third kappa shape index (κ3) is 2.19. The minimum absolute atomic E-state index is 0.0328. The zero-order valence-corrected chi connectivity index (χ0v) is 10.3. The van der Waals surface area contributed by atoms with Gasteiger partial charge in [0, 0.05) is 17.7 Å². The molecule has 1 amide bonds. The van der Waals surface area contributed by atoms with Crippen molar-refractivity contribution in [2.75, 3.05) is 0 Å². The van der Waals surface area contributed by atoms with Gasteiger partial charge in [-0.1, -0.05) is 13.3 Å². The van der Waals surface area contributed by atoms with Gasteiger partial charge in [-0.15, -0.1) is 0 Å². The van der Waals surface area contributed by atoms with Crippen LogP contribution in [0.5, 0.6) is 0 Å². The van der Waals surface area contributed by atoms with Gasteiger partial charge >= 0.3 is 0 Å². The van der Waals surface area contributed by atoms with Crippen molar-refractivity contribution in [3.8, 4) is 0 Å². The van der Waals surface area contributed by atoms with Crippen LogP contribution >= 0.6 is 0 Å². The Labute approximate surface area is 104 Å². The van der Waals surface area contributed by atoms with E-state index in [9.17, 15) is 14.9 Å². The third-order valence-electron chi connectivity index (χ3n) is 2.91. The van der Waals surface area contributed by atoms with Gasteiger partial charge in [0.15, 0.2) is 5.72 Å². The van der Waals surface area contributed by atoms with E-state index in [-0.39, 0.29) is 11.6 Å². The molecular formula is C12H14N2O4. The highest BCUT2D eigenvalue weighted by Crippen LogP contribution is 2.39. The SMILES string of the molecule is CCCC1(C)ON1C(=O)c1ccc([N+](=O)[O-])cc1. The van der Waals surface area contributed by atoms with Crippen molar-refractivity contribution >= 4 is 11.6 Å². The van der Waals surface area contributed by atoms with Crippen LogP contribution in [0.15, 0.2) is 24.3 Å². The Morgan fingerprint density at radius 2 is 2.06 bits per heavy atom. The fourth-order valence-corrected chi connectivity index (χ4v) is 1.89. The highest BCUT2D eigenvalue weighted by atomic mass is 16.9. The predicted octanol–water partition coefficient (Wildman–Crippen LogP) is 2.50. The molecule has 1 heterocycles. The van der Waals surface area contributed by atoms with Gasteiger partial charge in [-0.25, -0.2) is 4.84 Å². The first kappa shape index (κ1) is 12.5. The molecule has 1 saturated heterocycles. The summed E-state index contributed by atoms with van der Waals surface area (Å²) in [6.07, 6.45) is 1.69. The number of nitrogens with zero attached hydrogens (tertiary/aromatic N) is 2. The Hall–Kier alpha value is -1.95. The Morgan fingerprint density at radius 3 is 2.56 bits per heavy atom. The van der Waals surface area contributed by atoms with E-state index in [2.05, 4.69) is 0 Å². The van der Waals surface area contributed by atoms with Gasteiger partial charge in [0.2, 0.25) is 0 Å². The summed E-state index contributed by atoms with van der Waals surface area (Å²) in [6.45, 7) is 3.86. The Morgan fingerprint density at radius 1 is 1.44 bits per heavy atom. The lowest BCUT2D eigenvalue weighted by Crippen LogP contribution is -2.20. The predicted molar refractivity (Wildman–Crippen MR) is 63.7 cm³/mol. The minimum atomic E-state index is -0.520. The number of hydroxylamine groups is 2. The van der Waals surface area contributed by atoms with E-state index >= 15 is 0 Å². The second kappa shape index (κ2) is 4.38. The average molecular weight is 250 g/mol. The summed E-state index contributed by atoms with van der Waals surface area (Å²) in [5, 5.41) is 11.8. The second-order valence-corrected chi connectivity index (χ2v) is 4.42. The maximum atomic E-state index is 12.0. The summed E-state index contributed by atoms with van der Waals surface area (Å²) in [6, 6.07) is 5.50. The number of non-ortho nitro benzene ring substituents is 1. The van der Waals surface area contributed by atoms with Crippen molar-refractivity contribution in [3.63, 3.8) is 0 Å². The van der Waals surface area contributed by atoms with Crippen LogP contribution in [-0.4, -0.2) is 21.6 Å². The van der Waals surface area contributed by atoms with E-state index in [1.165, 1.54) is 29.3 Å². The van der Waals surface area contributed by atoms with Gasteiger partial charge in [-0.05, 0) is 25.5 Å². The molecule has 0 aromatic heterocycles. The molecule has 1 aliphatic heterocycles. The van der Waals surface area contributed by atoms with Crippen molar-refractivity contribution in [3.05, 3.63) is 39.9 Å². The Kier molecular flexibility index (Phi) is 3.04. The van der Waals surface area contributed by atoms with Gasteiger partial charge in [0.05, 0.1) is 4.92 Å². The number of amides is 1. The smallest absolute Gasteiger partial charge is 0.267 e. The molecule has 2 rings (SSSR count). The van der Waals surface area contributed by atoms with Gasteiger partial charge in [0.25, 0.3) is 11.6 Å². The van der Waals surface area contributed by atoms with Crippen molar-refractivity contribution in [2.24, 2.45) is 0 Å². The molecule has 0 radical (unpaired) electrons. The van der Waals surface area contributed by atoms with Gasteiger partial charge in [-0.2, -0.15) is 5.06 Å². The number of nitro benzene ring substituents is 1. The maximum Gasteiger partial charge on any atom is 0.280 e. The van der Waals surface area contributed by atoms with Crippen LogP contribution in [0.2, 0.25) is 0 Å². The van der Waals surface area contributed by atoms with Crippen LogP contribution in [0.4, 0.5) is 5.69 Å². The van der Waals surface area contributed by atoms with E-state index in [0.717, 1.165) is 12.8 Å². The van der Waals surface area contributed by atoms with Crippen molar-refractivity contribution in [1.82, 2.24) is 5.06 Å². The number of hydrogen-bond donors (Lipinski definition) is 0. The first-order valence-corrected chi connectivity index (χ1v) is 5.76. The van der Waals surface area contributed by atoms with Gasteiger partial charge in [0.1, 0.15) is 0 Å². The van der Waals surface area contributed by atoms with E-state index < -0.39 is 10.6 Å². The summed E-state index contributed by atoms with van der Waals surface area (Å²) in [5.41, 5.74) is -0.164. The van der Waals surface area contributed by atoms with Crippen LogP contribution in [0.3, 0.4) is 0 Å². The molecule has 1 aliphatic rings. The molecule has 1 unspecified atom stereocenters. The molecule has 96 valence electrons. The lowest BCUT2D eigenvalue weighted by Gasteiger charge is -2.04. The first-order valence-electron chi connectivity index (χ1n) is 5.76. The molecule has 1 fully saturated rings. The lowest BCUT2D eigenvalue weighted by atomic mass is 10.1. The molecule has 0 aliphatic carbocycles. The quantitative estimate of drug-likeness (QED) is 0.467. The number of rotatable bonds is 4. The lowest BCUT2D eigenvalue weighted by molar-refractivity contribution is -0.384. The number of carbonyl (C=O) groups is 1.